The van der Waals surface area contributed by atoms with Crippen LogP contribution >= 0.6 is 0 Å². The Labute approximate surface area is 147 Å². The van der Waals surface area contributed by atoms with Crippen LogP contribution in [0.15, 0.2) is 60.5 Å². The first-order valence-electron chi connectivity index (χ1n) is 7.58. The maximum atomic E-state index is 12.7. The van der Waals surface area contributed by atoms with Crippen molar-refractivity contribution in [3.63, 3.8) is 0 Å². The number of carbonyl (C=O) groups excluding carboxylic acids is 1. The fraction of sp³-hybridized carbons (Fsp3) is 0.222. The van der Waals surface area contributed by atoms with Crippen molar-refractivity contribution in [2.75, 3.05) is 7.11 Å². The van der Waals surface area contributed by atoms with E-state index in [0.29, 0.717) is 11.3 Å². The first-order chi connectivity index (χ1) is 12.4. The van der Waals surface area contributed by atoms with Gasteiger partial charge in [-0.25, -0.2) is 4.79 Å². The second kappa shape index (κ2) is 7.17. The first-order valence-corrected chi connectivity index (χ1v) is 7.58. The van der Waals surface area contributed by atoms with Crippen molar-refractivity contribution >= 4 is 5.97 Å². The van der Waals surface area contributed by atoms with Crippen molar-refractivity contribution in [2.24, 2.45) is 0 Å². The largest absolute Gasteiger partial charge is 0.466 e. The van der Waals surface area contributed by atoms with E-state index in [1.54, 1.807) is 24.4 Å². The second-order valence-electron chi connectivity index (χ2n) is 5.41. The molecule has 2 atom stereocenters. The number of benzene rings is 1. The lowest BCUT2D eigenvalue weighted by Crippen LogP contribution is -2.07. The van der Waals surface area contributed by atoms with Gasteiger partial charge in [-0.1, -0.05) is 18.2 Å². The monoisotopic (exact) mass is 365 g/mol. The summed E-state index contributed by atoms with van der Waals surface area (Å²) in [6.45, 7) is 0. The molecule has 2 unspecified atom stereocenters. The highest BCUT2D eigenvalue weighted by atomic mass is 19.4. The molecule has 0 bridgehead atoms. The third-order valence-corrected chi connectivity index (χ3v) is 3.69. The fourth-order valence-corrected chi connectivity index (χ4v) is 2.42. The molecule has 1 fully saturated rings. The zero-order valence-corrected chi connectivity index (χ0v) is 13.6. The number of halogens is 3. The molecule has 0 radical (unpaired) electrons. The molecule has 0 saturated carbocycles. The minimum atomic E-state index is -4.44. The molecule has 1 saturated heterocycles. The molecule has 2 heterocycles. The number of hydrogen-bond donors (Lipinski definition) is 0. The molecule has 1 aromatic heterocycles. The Morgan fingerprint density at radius 1 is 1.19 bits per heavy atom. The molecule has 26 heavy (non-hydrogen) atoms. The molecule has 1 aliphatic heterocycles. The van der Waals surface area contributed by atoms with Crippen molar-refractivity contribution in [1.82, 2.24) is 4.98 Å². The molecule has 1 aromatic carbocycles. The van der Waals surface area contributed by atoms with Crippen molar-refractivity contribution < 1.29 is 32.2 Å². The van der Waals surface area contributed by atoms with Crippen LogP contribution in [-0.2, 0) is 25.2 Å². The molecule has 3 rings (SSSR count). The maximum Gasteiger partial charge on any atom is 0.416 e. The van der Waals surface area contributed by atoms with Gasteiger partial charge in [0.2, 0.25) is 6.29 Å². The highest BCUT2D eigenvalue weighted by molar-refractivity contribution is 5.82. The molecule has 136 valence electrons. The predicted molar refractivity (Wildman–Crippen MR) is 83.4 cm³/mol. The predicted octanol–water partition coefficient (Wildman–Crippen LogP) is 3.94. The molecule has 5 nitrogen and oxygen atoms in total. The molecular formula is C18H14F3NO4. The number of rotatable bonds is 3. The zero-order chi connectivity index (χ0) is 18.7. The molecule has 0 aliphatic carbocycles. The van der Waals surface area contributed by atoms with Gasteiger partial charge in [0.15, 0.2) is 0 Å². The van der Waals surface area contributed by atoms with Gasteiger partial charge < -0.3 is 14.2 Å². The summed E-state index contributed by atoms with van der Waals surface area (Å²) in [4.78, 5) is 15.7. The van der Waals surface area contributed by atoms with Gasteiger partial charge in [-0.05, 0) is 29.8 Å². The van der Waals surface area contributed by atoms with Gasteiger partial charge in [0.1, 0.15) is 17.6 Å². The minimum Gasteiger partial charge on any atom is -0.466 e. The summed E-state index contributed by atoms with van der Waals surface area (Å²) in [5.41, 5.74) is 0.101. The minimum absolute atomic E-state index is 0.132. The number of esters is 1. The van der Waals surface area contributed by atoms with E-state index in [0.717, 1.165) is 18.2 Å². The summed E-state index contributed by atoms with van der Waals surface area (Å²) >= 11 is 0. The molecule has 0 N–H and O–H groups in total. The van der Waals surface area contributed by atoms with Crippen LogP contribution < -0.4 is 0 Å². The number of hydrogen-bond acceptors (Lipinski definition) is 5. The SMILES string of the molecule is COC(=O)/C=C1\OC(c2ccccn2)OC1c1ccc(C(F)(F)F)cc1. The van der Waals surface area contributed by atoms with Gasteiger partial charge in [-0.2, -0.15) is 13.2 Å². The highest BCUT2D eigenvalue weighted by Crippen LogP contribution is 2.42. The summed E-state index contributed by atoms with van der Waals surface area (Å²) in [7, 11) is 1.21. The fourth-order valence-electron chi connectivity index (χ4n) is 2.42. The lowest BCUT2D eigenvalue weighted by atomic mass is 10.1. The van der Waals surface area contributed by atoms with E-state index < -0.39 is 30.1 Å². The van der Waals surface area contributed by atoms with Gasteiger partial charge >= 0.3 is 12.1 Å². The maximum absolute atomic E-state index is 12.7. The third-order valence-electron chi connectivity index (χ3n) is 3.69. The normalized spacial score (nSPS) is 21.5. The molecule has 0 spiro atoms. The van der Waals surface area contributed by atoms with E-state index in [2.05, 4.69) is 9.72 Å². The lowest BCUT2D eigenvalue weighted by Gasteiger charge is -2.12. The molecule has 8 heteroatoms. The van der Waals surface area contributed by atoms with E-state index in [1.807, 2.05) is 0 Å². The summed E-state index contributed by atoms with van der Waals surface area (Å²) in [5.74, 6) is -0.533. The Morgan fingerprint density at radius 2 is 1.92 bits per heavy atom. The van der Waals surface area contributed by atoms with Crippen molar-refractivity contribution in [3.8, 4) is 0 Å². The van der Waals surface area contributed by atoms with Crippen LogP contribution in [0.2, 0.25) is 0 Å². The highest BCUT2D eigenvalue weighted by Gasteiger charge is 2.36. The zero-order valence-electron chi connectivity index (χ0n) is 13.6. The molecule has 2 aromatic rings. The summed E-state index contributed by atoms with van der Waals surface area (Å²) in [6.07, 6.45) is -3.53. The number of aromatic nitrogens is 1. The van der Waals surface area contributed by atoms with E-state index in [4.69, 9.17) is 9.47 Å². The summed E-state index contributed by atoms with van der Waals surface area (Å²) < 4.78 is 54.2. The number of carbonyl (C=O) groups is 1. The van der Waals surface area contributed by atoms with Crippen molar-refractivity contribution in [2.45, 2.75) is 18.6 Å². The Hall–Kier alpha value is -2.87. The van der Waals surface area contributed by atoms with Crippen LogP contribution in [0.4, 0.5) is 13.2 Å². The van der Waals surface area contributed by atoms with Gasteiger partial charge in [-0.15, -0.1) is 0 Å². The molecule has 0 amide bonds. The van der Waals surface area contributed by atoms with Crippen molar-refractivity contribution in [1.29, 1.82) is 0 Å². The van der Waals surface area contributed by atoms with E-state index >= 15 is 0 Å². The average Bonchev–Trinajstić information content (AvgIpc) is 3.05. The van der Waals surface area contributed by atoms with E-state index in [9.17, 15) is 18.0 Å². The second-order valence-corrected chi connectivity index (χ2v) is 5.41. The topological polar surface area (TPSA) is 57.7 Å². The van der Waals surface area contributed by atoms with Crippen molar-refractivity contribution in [3.05, 3.63) is 77.3 Å². The molecular weight excluding hydrogens is 351 g/mol. The first kappa shape index (κ1) is 17.9. The standard InChI is InChI=1S/C18H14F3NO4/c1-24-15(23)10-14-16(11-5-7-12(8-6-11)18(19,20)21)26-17(25-14)13-4-2-3-9-22-13/h2-10,16-17H,1H3/b14-10-. The van der Waals surface area contributed by atoms with Gasteiger partial charge in [0.25, 0.3) is 0 Å². The van der Waals surface area contributed by atoms with Crippen LogP contribution in [0.25, 0.3) is 0 Å². The van der Waals surface area contributed by atoms with E-state index in [1.165, 1.54) is 19.2 Å². The van der Waals surface area contributed by atoms with Crippen LogP contribution in [0.5, 0.6) is 0 Å². The van der Waals surface area contributed by atoms with Gasteiger partial charge in [0, 0.05) is 6.20 Å². The Morgan fingerprint density at radius 3 is 2.50 bits per heavy atom. The van der Waals surface area contributed by atoms with Crippen LogP contribution in [0.1, 0.15) is 29.2 Å². The van der Waals surface area contributed by atoms with Crippen LogP contribution in [0, 0.1) is 0 Å². The number of alkyl halides is 3. The average molecular weight is 365 g/mol. The number of pyridine rings is 1. The Bertz CT molecular complexity index is 803. The third kappa shape index (κ3) is 3.85. The number of methoxy groups -OCH3 is 1. The summed E-state index contributed by atoms with van der Waals surface area (Å²) in [5, 5.41) is 0. The Balaban J connectivity index is 1.91. The van der Waals surface area contributed by atoms with Gasteiger partial charge in [0.05, 0.1) is 18.7 Å². The van der Waals surface area contributed by atoms with Crippen LogP contribution in [-0.4, -0.2) is 18.1 Å². The van der Waals surface area contributed by atoms with E-state index in [-0.39, 0.29) is 5.76 Å². The lowest BCUT2D eigenvalue weighted by molar-refractivity contribution is -0.137. The smallest absolute Gasteiger partial charge is 0.416 e. The number of nitrogens with zero attached hydrogens (tertiary/aromatic N) is 1. The van der Waals surface area contributed by atoms with Crippen LogP contribution in [0.3, 0.4) is 0 Å². The molecule has 1 aliphatic rings. The summed E-state index contributed by atoms with van der Waals surface area (Å²) in [6, 6.07) is 9.59. The number of ether oxygens (including phenoxy) is 3. The Kier molecular flexibility index (Phi) is 4.94. The quantitative estimate of drug-likeness (QED) is 0.609. The van der Waals surface area contributed by atoms with Gasteiger partial charge in [-0.3, -0.25) is 4.98 Å².